The Bertz CT molecular complexity index is 598. The Labute approximate surface area is 148 Å². The molecule has 25 heavy (non-hydrogen) atoms. The fraction of sp³-hybridized carbons (Fsp3) is 0.611. The quantitative estimate of drug-likeness (QED) is 0.421. The molecule has 1 aromatic rings. The molecule has 7 nitrogen and oxygen atoms in total. The van der Waals surface area contributed by atoms with Crippen molar-refractivity contribution in [2.24, 2.45) is 5.92 Å². The van der Waals surface area contributed by atoms with Gasteiger partial charge in [0.25, 0.3) is 11.6 Å². The summed E-state index contributed by atoms with van der Waals surface area (Å²) < 4.78 is 5.49. The Hall–Kier alpha value is -2.15. The summed E-state index contributed by atoms with van der Waals surface area (Å²) >= 11 is 0. The number of benzene rings is 1. The molecule has 0 spiro atoms. The molecule has 1 fully saturated rings. The molecule has 0 radical (unpaired) electrons. The van der Waals surface area contributed by atoms with Gasteiger partial charge >= 0.3 is 0 Å². The number of anilines is 1. The number of nitro benzene ring substituents is 1. The van der Waals surface area contributed by atoms with Crippen LogP contribution in [0.3, 0.4) is 0 Å². The van der Waals surface area contributed by atoms with Gasteiger partial charge in [-0.25, -0.2) is 0 Å². The minimum Gasteiger partial charge on any atom is -0.381 e. The average molecular weight is 349 g/mol. The van der Waals surface area contributed by atoms with Crippen LogP contribution in [-0.2, 0) is 4.74 Å². The zero-order valence-electron chi connectivity index (χ0n) is 15.0. The molecule has 1 N–H and O–H groups in total. The van der Waals surface area contributed by atoms with E-state index in [4.69, 9.17) is 4.74 Å². The molecular formula is C18H27N3O4. The fourth-order valence-corrected chi connectivity index (χ4v) is 2.84. The SMILES string of the molecule is CC(C)COCCCNC(=O)c1cc([N+](=O)[O-])ccc1N1CCCC1. The molecule has 0 bridgehead atoms. The van der Waals surface area contributed by atoms with Crippen molar-refractivity contribution in [1.82, 2.24) is 5.32 Å². The van der Waals surface area contributed by atoms with Crippen molar-refractivity contribution in [2.45, 2.75) is 33.1 Å². The first-order chi connectivity index (χ1) is 12.0. The van der Waals surface area contributed by atoms with E-state index >= 15 is 0 Å². The summed E-state index contributed by atoms with van der Waals surface area (Å²) in [5.74, 6) is 0.219. The first kappa shape index (κ1) is 19.2. The Kier molecular flexibility index (Phi) is 7.18. The minimum atomic E-state index is -0.468. The second-order valence-electron chi connectivity index (χ2n) is 6.73. The Morgan fingerprint density at radius 1 is 1.36 bits per heavy atom. The topological polar surface area (TPSA) is 84.7 Å². The van der Waals surface area contributed by atoms with Crippen molar-refractivity contribution in [2.75, 3.05) is 37.7 Å². The van der Waals surface area contributed by atoms with E-state index in [9.17, 15) is 14.9 Å². The van der Waals surface area contributed by atoms with Gasteiger partial charge in [0, 0.05) is 45.0 Å². The minimum absolute atomic E-state index is 0.0617. The van der Waals surface area contributed by atoms with Gasteiger partial charge in [-0.15, -0.1) is 0 Å². The van der Waals surface area contributed by atoms with Crippen molar-refractivity contribution in [3.05, 3.63) is 33.9 Å². The number of hydrogen-bond donors (Lipinski definition) is 1. The number of nitrogens with zero attached hydrogens (tertiary/aromatic N) is 2. The third-order valence-electron chi connectivity index (χ3n) is 4.08. The number of non-ortho nitro benzene ring substituents is 1. The molecule has 0 aliphatic carbocycles. The lowest BCUT2D eigenvalue weighted by Gasteiger charge is -2.20. The van der Waals surface area contributed by atoms with Gasteiger partial charge in [0.05, 0.1) is 16.2 Å². The molecule has 1 aromatic carbocycles. The summed E-state index contributed by atoms with van der Waals surface area (Å²) in [6, 6.07) is 4.52. The third-order valence-corrected chi connectivity index (χ3v) is 4.08. The highest BCUT2D eigenvalue weighted by molar-refractivity contribution is 6.00. The third kappa shape index (κ3) is 5.70. The Balaban J connectivity index is 1.98. The van der Waals surface area contributed by atoms with E-state index in [-0.39, 0.29) is 11.6 Å². The van der Waals surface area contributed by atoms with Crippen LogP contribution >= 0.6 is 0 Å². The lowest BCUT2D eigenvalue weighted by Crippen LogP contribution is -2.28. The highest BCUT2D eigenvalue weighted by atomic mass is 16.6. The summed E-state index contributed by atoms with van der Waals surface area (Å²) in [6.07, 6.45) is 2.86. The highest BCUT2D eigenvalue weighted by Gasteiger charge is 2.22. The molecule has 1 saturated heterocycles. The zero-order chi connectivity index (χ0) is 18.2. The van der Waals surface area contributed by atoms with Crippen molar-refractivity contribution < 1.29 is 14.5 Å². The number of carbonyl (C=O) groups excluding carboxylic acids is 1. The van der Waals surface area contributed by atoms with E-state index in [1.54, 1.807) is 6.07 Å². The molecular weight excluding hydrogens is 322 g/mol. The maximum atomic E-state index is 12.5. The number of hydrogen-bond acceptors (Lipinski definition) is 5. The zero-order valence-corrected chi connectivity index (χ0v) is 15.0. The summed E-state index contributed by atoms with van der Waals surface area (Å²) in [4.78, 5) is 25.2. The predicted molar refractivity (Wildman–Crippen MR) is 97.2 cm³/mol. The summed E-state index contributed by atoms with van der Waals surface area (Å²) in [7, 11) is 0. The van der Waals surface area contributed by atoms with Crippen molar-refractivity contribution >= 4 is 17.3 Å². The highest BCUT2D eigenvalue weighted by Crippen LogP contribution is 2.28. The molecule has 1 heterocycles. The lowest BCUT2D eigenvalue weighted by molar-refractivity contribution is -0.384. The summed E-state index contributed by atoms with van der Waals surface area (Å²) in [5, 5.41) is 13.9. The normalized spacial score (nSPS) is 14.1. The van der Waals surface area contributed by atoms with Crippen LogP contribution in [0, 0.1) is 16.0 Å². The molecule has 7 heteroatoms. The van der Waals surface area contributed by atoms with Crippen molar-refractivity contribution in [1.29, 1.82) is 0 Å². The van der Waals surface area contributed by atoms with E-state index in [0.29, 0.717) is 37.7 Å². The van der Waals surface area contributed by atoms with E-state index in [1.807, 2.05) is 0 Å². The maximum absolute atomic E-state index is 12.5. The summed E-state index contributed by atoms with van der Waals surface area (Å²) in [5.41, 5.74) is 1.09. The van der Waals surface area contributed by atoms with Crippen LogP contribution in [0.5, 0.6) is 0 Å². The monoisotopic (exact) mass is 349 g/mol. The molecule has 1 aliphatic heterocycles. The van der Waals surface area contributed by atoms with E-state index < -0.39 is 4.92 Å². The van der Waals surface area contributed by atoms with Crippen LogP contribution in [0.1, 0.15) is 43.5 Å². The van der Waals surface area contributed by atoms with Crippen LogP contribution in [0.25, 0.3) is 0 Å². The second-order valence-corrected chi connectivity index (χ2v) is 6.73. The number of rotatable bonds is 9. The lowest BCUT2D eigenvalue weighted by atomic mass is 10.1. The van der Waals surface area contributed by atoms with Gasteiger partial charge in [0.2, 0.25) is 0 Å². The average Bonchev–Trinajstić information content (AvgIpc) is 3.11. The van der Waals surface area contributed by atoms with Gasteiger partial charge in [-0.3, -0.25) is 14.9 Å². The van der Waals surface area contributed by atoms with E-state index in [1.165, 1.54) is 12.1 Å². The predicted octanol–water partition coefficient (Wildman–Crippen LogP) is 2.99. The van der Waals surface area contributed by atoms with Gasteiger partial charge in [0.15, 0.2) is 0 Å². The van der Waals surface area contributed by atoms with Crippen LogP contribution < -0.4 is 10.2 Å². The molecule has 2 rings (SSSR count). The molecule has 1 amide bonds. The maximum Gasteiger partial charge on any atom is 0.270 e. The van der Waals surface area contributed by atoms with Crippen LogP contribution in [0.15, 0.2) is 18.2 Å². The molecule has 138 valence electrons. The number of ether oxygens (including phenoxy) is 1. The fourth-order valence-electron chi connectivity index (χ4n) is 2.84. The van der Waals surface area contributed by atoms with E-state index in [2.05, 4.69) is 24.1 Å². The molecule has 0 atom stereocenters. The van der Waals surface area contributed by atoms with Gasteiger partial charge < -0.3 is 15.0 Å². The van der Waals surface area contributed by atoms with Crippen LogP contribution in [0.2, 0.25) is 0 Å². The molecule has 1 aliphatic rings. The largest absolute Gasteiger partial charge is 0.381 e. The van der Waals surface area contributed by atoms with Gasteiger partial charge in [-0.05, 0) is 31.2 Å². The Morgan fingerprint density at radius 2 is 2.08 bits per heavy atom. The van der Waals surface area contributed by atoms with E-state index in [0.717, 1.165) is 31.6 Å². The second kappa shape index (κ2) is 9.36. The van der Waals surface area contributed by atoms with Crippen molar-refractivity contribution in [3.63, 3.8) is 0 Å². The molecule has 0 unspecified atom stereocenters. The first-order valence-electron chi connectivity index (χ1n) is 8.88. The van der Waals surface area contributed by atoms with Crippen molar-refractivity contribution in [3.8, 4) is 0 Å². The van der Waals surface area contributed by atoms with Gasteiger partial charge in [0.1, 0.15) is 0 Å². The molecule has 0 saturated carbocycles. The van der Waals surface area contributed by atoms with Gasteiger partial charge in [-0.1, -0.05) is 13.8 Å². The van der Waals surface area contributed by atoms with Crippen LogP contribution in [-0.4, -0.2) is 43.7 Å². The number of nitrogens with one attached hydrogen (secondary N) is 1. The van der Waals surface area contributed by atoms with Gasteiger partial charge in [-0.2, -0.15) is 0 Å². The Morgan fingerprint density at radius 3 is 2.72 bits per heavy atom. The standard InChI is InChI=1S/C18H27N3O4/c1-14(2)13-25-11-5-8-19-18(22)16-12-15(21(23)24)6-7-17(16)20-9-3-4-10-20/h6-7,12,14H,3-5,8-11,13H2,1-2H3,(H,19,22). The van der Waals surface area contributed by atoms with Crippen LogP contribution in [0.4, 0.5) is 11.4 Å². The summed E-state index contributed by atoms with van der Waals surface area (Å²) in [6.45, 7) is 7.71. The molecule has 0 aromatic heterocycles. The number of carbonyl (C=O) groups is 1. The smallest absolute Gasteiger partial charge is 0.270 e. The number of amides is 1. The first-order valence-corrected chi connectivity index (χ1v) is 8.88. The number of nitro groups is 1.